The van der Waals surface area contributed by atoms with Crippen molar-refractivity contribution >= 4 is 5.97 Å². The van der Waals surface area contributed by atoms with Crippen LogP contribution < -0.4 is 5.32 Å². The maximum Gasteiger partial charge on any atom is 0.326 e. The van der Waals surface area contributed by atoms with Crippen molar-refractivity contribution in [1.82, 2.24) is 10.2 Å². The fraction of sp³-hybridized carbons (Fsp3) is 0.917. The molecule has 0 radical (unpaired) electrons. The number of likely N-dealkylation sites (N-methyl/N-ethyl adjacent to an activating group) is 1. The lowest BCUT2D eigenvalue weighted by Gasteiger charge is -2.35. The number of rotatable bonds is 5. The highest BCUT2D eigenvalue weighted by molar-refractivity contribution is 5.80. The summed E-state index contributed by atoms with van der Waals surface area (Å²) >= 11 is 0. The summed E-state index contributed by atoms with van der Waals surface area (Å²) < 4.78 is 4.94. The van der Waals surface area contributed by atoms with Gasteiger partial charge in [-0.3, -0.25) is 4.79 Å². The van der Waals surface area contributed by atoms with Crippen LogP contribution in [-0.4, -0.2) is 50.7 Å². The van der Waals surface area contributed by atoms with Crippen molar-refractivity contribution in [3.63, 3.8) is 0 Å². The van der Waals surface area contributed by atoms with Gasteiger partial charge in [0, 0.05) is 13.1 Å². The van der Waals surface area contributed by atoms with E-state index in [-0.39, 0.29) is 5.97 Å². The van der Waals surface area contributed by atoms with E-state index in [4.69, 9.17) is 4.74 Å². The van der Waals surface area contributed by atoms with Crippen molar-refractivity contribution in [1.29, 1.82) is 0 Å². The molecule has 1 N–H and O–H groups in total. The third-order valence-electron chi connectivity index (χ3n) is 3.31. The SMILES string of the molecule is COC(=O)C1(NCCN(C)C)CCCCC1. The number of esters is 1. The van der Waals surface area contributed by atoms with E-state index >= 15 is 0 Å². The quantitative estimate of drug-likeness (QED) is 0.713. The van der Waals surface area contributed by atoms with Gasteiger partial charge in [0.2, 0.25) is 0 Å². The first-order valence-corrected chi connectivity index (χ1v) is 6.09. The van der Waals surface area contributed by atoms with Gasteiger partial charge in [0.15, 0.2) is 0 Å². The third kappa shape index (κ3) is 3.46. The highest BCUT2D eigenvalue weighted by Gasteiger charge is 2.39. The minimum absolute atomic E-state index is 0.0917. The fourth-order valence-corrected chi connectivity index (χ4v) is 2.32. The second-order valence-electron chi connectivity index (χ2n) is 4.86. The van der Waals surface area contributed by atoms with Crippen LogP contribution in [-0.2, 0) is 9.53 Å². The van der Waals surface area contributed by atoms with E-state index in [1.807, 2.05) is 14.1 Å². The van der Waals surface area contributed by atoms with E-state index in [9.17, 15) is 4.79 Å². The molecule has 0 aromatic heterocycles. The molecule has 0 aromatic rings. The fourth-order valence-electron chi connectivity index (χ4n) is 2.32. The molecular weight excluding hydrogens is 204 g/mol. The average molecular weight is 228 g/mol. The highest BCUT2D eigenvalue weighted by atomic mass is 16.5. The third-order valence-corrected chi connectivity index (χ3v) is 3.31. The zero-order valence-electron chi connectivity index (χ0n) is 10.7. The number of ether oxygens (including phenoxy) is 1. The molecule has 16 heavy (non-hydrogen) atoms. The molecule has 1 aliphatic rings. The van der Waals surface area contributed by atoms with Crippen LogP contribution in [0.2, 0.25) is 0 Å². The first-order valence-electron chi connectivity index (χ1n) is 6.09. The van der Waals surface area contributed by atoms with E-state index < -0.39 is 5.54 Å². The van der Waals surface area contributed by atoms with Crippen molar-refractivity contribution in [3.8, 4) is 0 Å². The van der Waals surface area contributed by atoms with Crippen molar-refractivity contribution in [2.45, 2.75) is 37.6 Å². The summed E-state index contributed by atoms with van der Waals surface area (Å²) in [6.07, 6.45) is 5.28. The largest absolute Gasteiger partial charge is 0.468 e. The van der Waals surface area contributed by atoms with Gasteiger partial charge in [-0.15, -0.1) is 0 Å². The minimum Gasteiger partial charge on any atom is -0.468 e. The Hall–Kier alpha value is -0.610. The molecule has 4 nitrogen and oxygen atoms in total. The monoisotopic (exact) mass is 228 g/mol. The Labute approximate surface area is 98.3 Å². The normalized spacial score (nSPS) is 19.8. The van der Waals surface area contributed by atoms with Crippen molar-refractivity contribution in [2.75, 3.05) is 34.3 Å². The lowest BCUT2D eigenvalue weighted by Crippen LogP contribution is -2.55. The zero-order chi connectivity index (χ0) is 12.0. The van der Waals surface area contributed by atoms with E-state index in [2.05, 4.69) is 10.2 Å². The molecule has 0 aliphatic heterocycles. The predicted molar refractivity (Wildman–Crippen MR) is 64.4 cm³/mol. The van der Waals surface area contributed by atoms with Crippen molar-refractivity contribution in [2.24, 2.45) is 0 Å². The minimum atomic E-state index is -0.414. The molecule has 94 valence electrons. The Balaban J connectivity index is 2.52. The molecule has 0 atom stereocenters. The molecule has 0 heterocycles. The lowest BCUT2D eigenvalue weighted by atomic mass is 9.81. The second-order valence-corrected chi connectivity index (χ2v) is 4.86. The molecule has 0 saturated heterocycles. The van der Waals surface area contributed by atoms with Crippen LogP contribution in [0.15, 0.2) is 0 Å². The summed E-state index contributed by atoms with van der Waals surface area (Å²) in [5.74, 6) is -0.0917. The van der Waals surface area contributed by atoms with Crippen LogP contribution in [0.1, 0.15) is 32.1 Å². The number of carbonyl (C=O) groups is 1. The van der Waals surface area contributed by atoms with Gasteiger partial charge in [-0.2, -0.15) is 0 Å². The van der Waals surface area contributed by atoms with E-state index in [0.717, 1.165) is 38.8 Å². The lowest BCUT2D eigenvalue weighted by molar-refractivity contribution is -0.150. The van der Waals surface area contributed by atoms with Crippen LogP contribution in [0.5, 0.6) is 0 Å². The van der Waals surface area contributed by atoms with Gasteiger partial charge >= 0.3 is 5.97 Å². The molecule has 0 amide bonds. The van der Waals surface area contributed by atoms with E-state index in [1.54, 1.807) is 0 Å². The highest BCUT2D eigenvalue weighted by Crippen LogP contribution is 2.29. The summed E-state index contributed by atoms with van der Waals surface area (Å²) in [7, 11) is 5.55. The van der Waals surface area contributed by atoms with Crippen LogP contribution >= 0.6 is 0 Å². The Bertz CT molecular complexity index is 223. The number of carbonyl (C=O) groups excluding carboxylic acids is 1. The second kappa shape index (κ2) is 6.21. The zero-order valence-corrected chi connectivity index (χ0v) is 10.7. The predicted octanol–water partition coefficient (Wildman–Crippen LogP) is 1.01. The summed E-state index contributed by atoms with van der Waals surface area (Å²) in [4.78, 5) is 14.0. The Morgan fingerprint density at radius 3 is 2.44 bits per heavy atom. The van der Waals surface area contributed by atoms with Gasteiger partial charge < -0.3 is 15.0 Å². The summed E-state index contributed by atoms with van der Waals surface area (Å²) in [6, 6.07) is 0. The number of hydrogen-bond donors (Lipinski definition) is 1. The topological polar surface area (TPSA) is 41.6 Å². The maximum absolute atomic E-state index is 11.9. The molecule has 0 bridgehead atoms. The van der Waals surface area contributed by atoms with Gasteiger partial charge in [-0.05, 0) is 26.9 Å². The van der Waals surface area contributed by atoms with E-state index in [0.29, 0.717) is 0 Å². The van der Waals surface area contributed by atoms with Gasteiger partial charge in [-0.25, -0.2) is 0 Å². The molecule has 0 spiro atoms. The van der Waals surface area contributed by atoms with Gasteiger partial charge in [-0.1, -0.05) is 19.3 Å². The van der Waals surface area contributed by atoms with Crippen LogP contribution in [0.3, 0.4) is 0 Å². The summed E-state index contributed by atoms with van der Waals surface area (Å²) in [6.45, 7) is 1.78. The molecule has 4 heteroatoms. The molecule has 1 aliphatic carbocycles. The molecule has 1 saturated carbocycles. The standard InChI is InChI=1S/C12H24N2O2/c1-14(2)10-9-13-12(11(15)16-3)7-5-4-6-8-12/h13H,4-10H2,1-3H3. The summed E-state index contributed by atoms with van der Waals surface area (Å²) in [5, 5.41) is 3.40. The summed E-state index contributed by atoms with van der Waals surface area (Å²) in [5.41, 5.74) is -0.414. The number of nitrogens with zero attached hydrogens (tertiary/aromatic N) is 1. The average Bonchev–Trinajstić information content (AvgIpc) is 2.28. The maximum atomic E-state index is 11.9. The van der Waals surface area contributed by atoms with Crippen LogP contribution in [0, 0.1) is 0 Å². The Morgan fingerprint density at radius 2 is 1.94 bits per heavy atom. The van der Waals surface area contributed by atoms with Gasteiger partial charge in [0.05, 0.1) is 7.11 Å². The van der Waals surface area contributed by atoms with E-state index in [1.165, 1.54) is 13.5 Å². The van der Waals surface area contributed by atoms with Crippen molar-refractivity contribution in [3.05, 3.63) is 0 Å². The first kappa shape index (κ1) is 13.5. The van der Waals surface area contributed by atoms with Gasteiger partial charge in [0.1, 0.15) is 5.54 Å². The molecule has 1 rings (SSSR count). The Kier molecular flexibility index (Phi) is 5.22. The molecule has 0 aromatic carbocycles. The smallest absolute Gasteiger partial charge is 0.326 e. The number of hydrogen-bond acceptors (Lipinski definition) is 4. The van der Waals surface area contributed by atoms with Gasteiger partial charge in [0.25, 0.3) is 0 Å². The number of methoxy groups -OCH3 is 1. The van der Waals surface area contributed by atoms with Crippen LogP contribution in [0.25, 0.3) is 0 Å². The number of nitrogens with one attached hydrogen (secondary N) is 1. The molecular formula is C12H24N2O2. The molecule has 0 unspecified atom stereocenters. The first-order chi connectivity index (χ1) is 7.60. The Morgan fingerprint density at radius 1 is 1.31 bits per heavy atom. The van der Waals surface area contributed by atoms with Crippen molar-refractivity contribution < 1.29 is 9.53 Å². The van der Waals surface area contributed by atoms with Crippen LogP contribution in [0.4, 0.5) is 0 Å². The molecule has 1 fully saturated rings.